The SMILES string of the molecule is CCCC[NH+](C)CCCN(C)c1cc(O)ccc1N. The smallest absolute Gasteiger partial charge is 0.117 e. The quantitative estimate of drug-likeness (QED) is 0.488. The molecule has 0 aliphatic heterocycles. The summed E-state index contributed by atoms with van der Waals surface area (Å²) in [6.45, 7) is 5.60. The van der Waals surface area contributed by atoms with Gasteiger partial charge in [-0.2, -0.15) is 0 Å². The van der Waals surface area contributed by atoms with E-state index in [1.807, 2.05) is 7.05 Å². The van der Waals surface area contributed by atoms with E-state index in [1.54, 1.807) is 23.1 Å². The number of nitrogens with zero attached hydrogens (tertiary/aromatic N) is 1. The Morgan fingerprint density at radius 1 is 1.26 bits per heavy atom. The van der Waals surface area contributed by atoms with E-state index in [4.69, 9.17) is 5.73 Å². The minimum Gasteiger partial charge on any atom is -0.508 e. The van der Waals surface area contributed by atoms with E-state index in [-0.39, 0.29) is 5.75 Å². The summed E-state index contributed by atoms with van der Waals surface area (Å²) in [4.78, 5) is 3.70. The van der Waals surface area contributed by atoms with Crippen LogP contribution in [0.15, 0.2) is 18.2 Å². The number of hydrogen-bond acceptors (Lipinski definition) is 3. The standard InChI is InChI=1S/C15H27N3O/c1-4-5-9-17(2)10-6-11-18(3)15-12-13(19)7-8-14(15)16/h7-8,12,19H,4-6,9-11,16H2,1-3H3/p+1. The van der Waals surface area contributed by atoms with Gasteiger partial charge in [0.2, 0.25) is 0 Å². The summed E-state index contributed by atoms with van der Waals surface area (Å²) in [5.74, 6) is 0.265. The molecule has 4 heteroatoms. The molecule has 1 aromatic rings. The van der Waals surface area contributed by atoms with E-state index < -0.39 is 0 Å². The molecule has 0 saturated heterocycles. The van der Waals surface area contributed by atoms with Crippen LogP contribution in [0.2, 0.25) is 0 Å². The van der Waals surface area contributed by atoms with Crippen molar-refractivity contribution >= 4 is 11.4 Å². The average molecular weight is 266 g/mol. The fourth-order valence-electron chi connectivity index (χ4n) is 2.20. The van der Waals surface area contributed by atoms with E-state index in [9.17, 15) is 5.11 Å². The van der Waals surface area contributed by atoms with Gasteiger partial charge in [-0.15, -0.1) is 0 Å². The molecule has 0 spiro atoms. The highest BCUT2D eigenvalue weighted by Crippen LogP contribution is 2.26. The highest BCUT2D eigenvalue weighted by molar-refractivity contribution is 5.69. The highest BCUT2D eigenvalue weighted by Gasteiger charge is 2.07. The lowest BCUT2D eigenvalue weighted by Crippen LogP contribution is -3.09. The van der Waals surface area contributed by atoms with Crippen LogP contribution in [0.1, 0.15) is 26.2 Å². The molecule has 0 saturated carbocycles. The van der Waals surface area contributed by atoms with Gasteiger partial charge in [0.25, 0.3) is 0 Å². The molecule has 108 valence electrons. The number of anilines is 2. The number of hydrogen-bond donors (Lipinski definition) is 3. The Balaban J connectivity index is 2.38. The lowest BCUT2D eigenvalue weighted by molar-refractivity contribution is -0.879. The third-order valence-electron chi connectivity index (χ3n) is 3.48. The maximum Gasteiger partial charge on any atom is 0.117 e. The molecule has 19 heavy (non-hydrogen) atoms. The first-order valence-electron chi connectivity index (χ1n) is 7.15. The number of rotatable bonds is 8. The van der Waals surface area contributed by atoms with Gasteiger partial charge < -0.3 is 20.6 Å². The summed E-state index contributed by atoms with van der Waals surface area (Å²) in [6, 6.07) is 5.10. The number of nitrogens with one attached hydrogen (secondary N) is 1. The maximum absolute atomic E-state index is 9.51. The largest absolute Gasteiger partial charge is 0.508 e. The monoisotopic (exact) mass is 266 g/mol. The summed E-state index contributed by atoms with van der Waals surface area (Å²) < 4.78 is 0. The Kier molecular flexibility index (Phi) is 6.50. The van der Waals surface area contributed by atoms with Crippen LogP contribution in [0.25, 0.3) is 0 Å². The van der Waals surface area contributed by atoms with Crippen LogP contribution in [-0.2, 0) is 0 Å². The van der Waals surface area contributed by atoms with Gasteiger partial charge in [-0.05, 0) is 18.6 Å². The molecule has 0 aliphatic rings. The third kappa shape index (κ3) is 5.39. The van der Waals surface area contributed by atoms with Crippen LogP contribution in [-0.4, -0.2) is 38.8 Å². The summed E-state index contributed by atoms with van der Waals surface area (Å²) in [7, 11) is 4.27. The Bertz CT molecular complexity index is 382. The second-order valence-corrected chi connectivity index (χ2v) is 5.33. The van der Waals surface area contributed by atoms with Crippen molar-refractivity contribution in [2.24, 2.45) is 0 Å². The lowest BCUT2D eigenvalue weighted by atomic mass is 10.2. The van der Waals surface area contributed by atoms with Gasteiger partial charge in [-0.3, -0.25) is 0 Å². The molecule has 1 atom stereocenters. The van der Waals surface area contributed by atoms with Gasteiger partial charge in [0, 0.05) is 26.1 Å². The molecule has 0 heterocycles. The van der Waals surface area contributed by atoms with Crippen LogP contribution < -0.4 is 15.5 Å². The van der Waals surface area contributed by atoms with Gasteiger partial charge in [-0.1, -0.05) is 13.3 Å². The lowest BCUT2D eigenvalue weighted by Gasteiger charge is -2.22. The van der Waals surface area contributed by atoms with Crippen molar-refractivity contribution in [3.8, 4) is 5.75 Å². The first-order valence-corrected chi connectivity index (χ1v) is 7.15. The summed E-state index contributed by atoms with van der Waals surface area (Å²) in [5, 5.41) is 9.51. The predicted octanol–water partition coefficient (Wildman–Crippen LogP) is 1.12. The highest BCUT2D eigenvalue weighted by atomic mass is 16.3. The average Bonchev–Trinajstić information content (AvgIpc) is 2.39. The molecular weight excluding hydrogens is 238 g/mol. The number of nitrogens with two attached hydrogens (primary N) is 1. The molecule has 0 aliphatic carbocycles. The minimum atomic E-state index is 0.265. The van der Waals surface area contributed by atoms with Crippen LogP contribution in [0.3, 0.4) is 0 Å². The first-order chi connectivity index (χ1) is 9.04. The molecule has 0 aromatic heterocycles. The molecule has 4 N–H and O–H groups in total. The number of benzene rings is 1. The Labute approximate surface area is 116 Å². The topological polar surface area (TPSA) is 53.9 Å². The van der Waals surface area contributed by atoms with Crippen LogP contribution in [0.4, 0.5) is 11.4 Å². The maximum atomic E-state index is 9.51. The number of aromatic hydroxyl groups is 1. The molecule has 1 rings (SSSR count). The van der Waals surface area contributed by atoms with Crippen molar-refractivity contribution in [2.75, 3.05) is 44.4 Å². The fraction of sp³-hybridized carbons (Fsp3) is 0.600. The Morgan fingerprint density at radius 3 is 2.63 bits per heavy atom. The normalized spacial score (nSPS) is 12.4. The number of unbranched alkanes of at least 4 members (excludes halogenated alkanes) is 1. The summed E-state index contributed by atoms with van der Waals surface area (Å²) in [6.07, 6.45) is 3.68. The number of quaternary nitrogens is 1. The van der Waals surface area contributed by atoms with Crippen LogP contribution in [0.5, 0.6) is 5.75 Å². The second-order valence-electron chi connectivity index (χ2n) is 5.33. The molecule has 4 nitrogen and oxygen atoms in total. The van der Waals surface area contributed by atoms with Gasteiger partial charge in [-0.25, -0.2) is 0 Å². The zero-order valence-electron chi connectivity index (χ0n) is 12.4. The van der Waals surface area contributed by atoms with Gasteiger partial charge in [0.15, 0.2) is 0 Å². The van der Waals surface area contributed by atoms with Crippen molar-refractivity contribution in [1.82, 2.24) is 0 Å². The summed E-state index contributed by atoms with van der Waals surface area (Å²) >= 11 is 0. The second kappa shape index (κ2) is 7.89. The number of nitrogen functional groups attached to an aromatic ring is 1. The molecule has 0 amide bonds. The molecule has 1 aromatic carbocycles. The van der Waals surface area contributed by atoms with E-state index in [0.29, 0.717) is 5.69 Å². The van der Waals surface area contributed by atoms with Crippen LogP contribution >= 0.6 is 0 Å². The molecule has 0 fully saturated rings. The molecule has 0 radical (unpaired) electrons. The van der Waals surface area contributed by atoms with E-state index >= 15 is 0 Å². The van der Waals surface area contributed by atoms with E-state index in [0.717, 1.165) is 18.7 Å². The van der Waals surface area contributed by atoms with Gasteiger partial charge >= 0.3 is 0 Å². The zero-order valence-corrected chi connectivity index (χ0v) is 12.4. The van der Waals surface area contributed by atoms with E-state index in [1.165, 1.54) is 25.9 Å². The van der Waals surface area contributed by atoms with Crippen molar-refractivity contribution in [1.29, 1.82) is 0 Å². The Hall–Kier alpha value is -1.42. The predicted molar refractivity (Wildman–Crippen MR) is 81.9 cm³/mol. The Morgan fingerprint density at radius 2 is 1.95 bits per heavy atom. The fourth-order valence-corrected chi connectivity index (χ4v) is 2.20. The van der Waals surface area contributed by atoms with Gasteiger partial charge in [0.1, 0.15) is 5.75 Å². The van der Waals surface area contributed by atoms with E-state index in [2.05, 4.69) is 18.9 Å². The van der Waals surface area contributed by atoms with Gasteiger partial charge in [0.05, 0.1) is 31.5 Å². The van der Waals surface area contributed by atoms with Crippen molar-refractivity contribution < 1.29 is 10.0 Å². The van der Waals surface area contributed by atoms with Crippen LogP contribution in [0, 0.1) is 0 Å². The molecular formula is C15H28N3O+. The van der Waals surface area contributed by atoms with Crippen molar-refractivity contribution in [3.63, 3.8) is 0 Å². The third-order valence-corrected chi connectivity index (χ3v) is 3.48. The summed E-state index contributed by atoms with van der Waals surface area (Å²) in [5.41, 5.74) is 7.55. The number of phenols is 1. The zero-order chi connectivity index (χ0) is 14.3. The molecule has 0 bridgehead atoms. The molecule has 1 unspecified atom stereocenters. The first kappa shape index (κ1) is 15.6. The van der Waals surface area contributed by atoms with Crippen molar-refractivity contribution in [2.45, 2.75) is 26.2 Å². The van der Waals surface area contributed by atoms with Crippen molar-refractivity contribution in [3.05, 3.63) is 18.2 Å². The minimum absolute atomic E-state index is 0.265. The number of phenolic OH excluding ortho intramolecular Hbond substituents is 1.